The Morgan fingerprint density at radius 2 is 2.31 bits per heavy atom. The van der Waals surface area contributed by atoms with Crippen molar-refractivity contribution in [3.8, 4) is 0 Å². The summed E-state index contributed by atoms with van der Waals surface area (Å²) < 4.78 is 2.86. The van der Waals surface area contributed by atoms with Crippen LogP contribution in [-0.2, 0) is 0 Å². The highest BCUT2D eigenvalue weighted by Crippen LogP contribution is 2.29. The van der Waals surface area contributed by atoms with E-state index in [0.717, 1.165) is 15.9 Å². The Hall–Kier alpha value is -0.940. The van der Waals surface area contributed by atoms with Gasteiger partial charge in [-0.3, -0.25) is 4.90 Å². The van der Waals surface area contributed by atoms with Crippen molar-refractivity contribution in [2.24, 2.45) is 0 Å². The number of nitrogens with zero attached hydrogens (tertiary/aromatic N) is 4. The molecule has 0 aliphatic carbocycles. The van der Waals surface area contributed by atoms with Crippen LogP contribution in [0.4, 0.5) is 0 Å². The monoisotopic (exact) mass is 280 g/mol. The number of aromatic nitrogens is 3. The number of hydrogen-bond acceptors (Lipinski definition) is 3. The topological polar surface area (TPSA) is 33.4 Å². The molecule has 4 nitrogen and oxygen atoms in total. The van der Waals surface area contributed by atoms with Crippen molar-refractivity contribution in [1.82, 2.24) is 19.3 Å². The minimum Gasteiger partial charge on any atom is -0.303 e. The molecule has 1 saturated heterocycles. The van der Waals surface area contributed by atoms with E-state index in [4.69, 9.17) is 0 Å². The fraction of sp³-hybridized carbons (Fsp3) is 0.455. The maximum atomic E-state index is 4.62. The van der Waals surface area contributed by atoms with Crippen LogP contribution in [-0.4, -0.2) is 32.9 Å². The fourth-order valence-electron chi connectivity index (χ4n) is 2.34. The van der Waals surface area contributed by atoms with E-state index in [9.17, 15) is 0 Å². The first-order valence-electron chi connectivity index (χ1n) is 5.44. The Bertz CT molecular complexity index is 522. The minimum atomic E-state index is 0.471. The first kappa shape index (κ1) is 10.2. The van der Waals surface area contributed by atoms with Crippen LogP contribution in [0, 0.1) is 0 Å². The molecular weight excluding hydrogens is 268 g/mol. The number of likely N-dealkylation sites (tertiary alicyclic amines) is 1. The van der Waals surface area contributed by atoms with Gasteiger partial charge in [0.1, 0.15) is 4.60 Å². The van der Waals surface area contributed by atoms with E-state index >= 15 is 0 Å². The Morgan fingerprint density at radius 3 is 3.06 bits per heavy atom. The molecule has 0 saturated carbocycles. The molecule has 0 unspecified atom stereocenters. The molecule has 0 radical (unpaired) electrons. The van der Waals surface area contributed by atoms with E-state index in [0.29, 0.717) is 6.04 Å². The van der Waals surface area contributed by atoms with Crippen LogP contribution in [0.3, 0.4) is 0 Å². The lowest BCUT2D eigenvalue weighted by Gasteiger charge is -2.16. The lowest BCUT2D eigenvalue weighted by Crippen LogP contribution is -2.17. The second-order valence-electron chi connectivity index (χ2n) is 4.28. The lowest BCUT2D eigenvalue weighted by molar-refractivity contribution is 0.313. The van der Waals surface area contributed by atoms with E-state index < -0.39 is 0 Å². The van der Waals surface area contributed by atoms with E-state index in [1.807, 2.05) is 10.6 Å². The molecule has 3 rings (SSSR count). The quantitative estimate of drug-likeness (QED) is 0.804. The third-order valence-corrected chi connectivity index (χ3v) is 3.60. The van der Waals surface area contributed by atoms with Crippen LogP contribution in [0.25, 0.3) is 5.65 Å². The van der Waals surface area contributed by atoms with Gasteiger partial charge in [0, 0.05) is 12.4 Å². The third kappa shape index (κ3) is 1.64. The van der Waals surface area contributed by atoms with Crippen LogP contribution in [0.5, 0.6) is 0 Å². The average Bonchev–Trinajstić information content (AvgIpc) is 2.82. The molecule has 1 atom stereocenters. The van der Waals surface area contributed by atoms with Crippen molar-refractivity contribution in [2.45, 2.75) is 18.9 Å². The molecule has 0 amide bonds. The van der Waals surface area contributed by atoms with E-state index in [2.05, 4.69) is 44.0 Å². The van der Waals surface area contributed by atoms with Crippen LogP contribution in [0.2, 0.25) is 0 Å². The van der Waals surface area contributed by atoms with Crippen LogP contribution in [0.1, 0.15) is 24.6 Å². The maximum Gasteiger partial charge on any atom is 0.155 e. The van der Waals surface area contributed by atoms with E-state index in [1.54, 1.807) is 6.20 Å². The fourth-order valence-corrected chi connectivity index (χ4v) is 2.66. The highest BCUT2D eigenvalue weighted by atomic mass is 79.9. The van der Waals surface area contributed by atoms with Crippen molar-refractivity contribution in [2.75, 3.05) is 13.6 Å². The molecule has 84 valence electrons. The van der Waals surface area contributed by atoms with Gasteiger partial charge in [-0.05, 0) is 42.4 Å². The summed E-state index contributed by atoms with van der Waals surface area (Å²) >= 11 is 3.37. The highest BCUT2D eigenvalue weighted by Gasteiger charge is 2.24. The second kappa shape index (κ2) is 3.82. The van der Waals surface area contributed by atoms with Crippen molar-refractivity contribution in [3.05, 3.63) is 28.9 Å². The van der Waals surface area contributed by atoms with Crippen LogP contribution < -0.4 is 0 Å². The Morgan fingerprint density at radius 1 is 1.44 bits per heavy atom. The molecular formula is C11H13BrN4. The zero-order valence-corrected chi connectivity index (χ0v) is 10.7. The van der Waals surface area contributed by atoms with Gasteiger partial charge in [-0.25, -0.2) is 9.97 Å². The molecule has 0 spiro atoms. The standard InChI is InChI=1S/C11H13BrN4/c1-15-4-2-3-9(15)8-6-16-7-10(12)13-5-11(16)14-8/h5-7,9H,2-4H2,1H3/t9-/m1/s1. The molecule has 5 heteroatoms. The predicted octanol–water partition coefficient (Wildman–Crippen LogP) is 2.26. The molecule has 0 bridgehead atoms. The highest BCUT2D eigenvalue weighted by molar-refractivity contribution is 9.10. The number of fused-ring (bicyclic) bond motifs is 1. The summed E-state index contributed by atoms with van der Waals surface area (Å²) in [6.07, 6.45) is 8.31. The summed E-state index contributed by atoms with van der Waals surface area (Å²) in [5, 5.41) is 0. The molecule has 16 heavy (non-hydrogen) atoms. The maximum absolute atomic E-state index is 4.62. The second-order valence-corrected chi connectivity index (χ2v) is 5.09. The largest absolute Gasteiger partial charge is 0.303 e. The van der Waals surface area contributed by atoms with Gasteiger partial charge in [-0.2, -0.15) is 0 Å². The van der Waals surface area contributed by atoms with Gasteiger partial charge >= 0.3 is 0 Å². The molecule has 3 heterocycles. The van der Waals surface area contributed by atoms with Gasteiger partial charge in [-0.15, -0.1) is 0 Å². The molecule has 1 aliphatic rings. The molecule has 1 fully saturated rings. The van der Waals surface area contributed by atoms with E-state index in [1.165, 1.54) is 19.4 Å². The van der Waals surface area contributed by atoms with Gasteiger partial charge in [-0.1, -0.05) is 0 Å². The van der Waals surface area contributed by atoms with Crippen molar-refractivity contribution in [1.29, 1.82) is 0 Å². The molecule has 0 aromatic carbocycles. The summed E-state index contributed by atoms with van der Waals surface area (Å²) in [6.45, 7) is 1.17. The molecule has 2 aromatic rings. The SMILES string of the molecule is CN1CCC[C@@H]1c1cn2cc(Br)ncc2n1. The smallest absolute Gasteiger partial charge is 0.155 e. The van der Waals surface area contributed by atoms with Crippen LogP contribution >= 0.6 is 15.9 Å². The van der Waals surface area contributed by atoms with Crippen molar-refractivity contribution in [3.63, 3.8) is 0 Å². The minimum absolute atomic E-state index is 0.471. The Labute approximate surface area is 102 Å². The molecule has 2 aromatic heterocycles. The summed E-state index contributed by atoms with van der Waals surface area (Å²) in [5.41, 5.74) is 2.07. The van der Waals surface area contributed by atoms with Crippen molar-refractivity contribution < 1.29 is 0 Å². The number of rotatable bonds is 1. The zero-order chi connectivity index (χ0) is 11.1. The number of hydrogen-bond donors (Lipinski definition) is 0. The summed E-state index contributed by atoms with van der Waals surface area (Å²) in [4.78, 5) is 11.2. The van der Waals surface area contributed by atoms with Gasteiger partial charge < -0.3 is 4.40 Å². The summed E-state index contributed by atoms with van der Waals surface area (Å²) in [7, 11) is 2.16. The van der Waals surface area contributed by atoms with Gasteiger partial charge in [0.25, 0.3) is 0 Å². The molecule has 1 aliphatic heterocycles. The normalized spacial score (nSPS) is 22.0. The predicted molar refractivity (Wildman–Crippen MR) is 65.3 cm³/mol. The third-order valence-electron chi connectivity index (χ3n) is 3.19. The van der Waals surface area contributed by atoms with E-state index in [-0.39, 0.29) is 0 Å². The summed E-state index contributed by atoms with van der Waals surface area (Å²) in [6, 6.07) is 0.471. The first-order valence-corrected chi connectivity index (χ1v) is 6.24. The average molecular weight is 281 g/mol. The first-order chi connectivity index (χ1) is 7.74. The Balaban J connectivity index is 2.04. The lowest BCUT2D eigenvalue weighted by atomic mass is 10.2. The Kier molecular flexibility index (Phi) is 2.44. The summed E-state index contributed by atoms with van der Waals surface area (Å²) in [5.74, 6) is 0. The van der Waals surface area contributed by atoms with Crippen LogP contribution in [0.15, 0.2) is 23.2 Å². The van der Waals surface area contributed by atoms with Gasteiger partial charge in [0.15, 0.2) is 5.65 Å². The number of imidazole rings is 1. The van der Waals surface area contributed by atoms with Crippen molar-refractivity contribution >= 4 is 21.6 Å². The zero-order valence-electron chi connectivity index (χ0n) is 9.10. The van der Waals surface area contributed by atoms with Gasteiger partial charge in [0.2, 0.25) is 0 Å². The number of halogens is 1. The molecule has 0 N–H and O–H groups in total. The van der Waals surface area contributed by atoms with Gasteiger partial charge in [0.05, 0.1) is 17.9 Å².